The number of carbonyl (C=O) groups excluding carboxylic acids is 1. The minimum atomic E-state index is -0.0826. The molecule has 1 atom stereocenters. The maximum atomic E-state index is 11.7. The number of carbonyl (C=O) groups is 1. The average molecular weight is 341 g/mol. The minimum absolute atomic E-state index is 0.0210. The smallest absolute Gasteiger partial charge is 0.256 e. The second-order valence-electron chi connectivity index (χ2n) is 4.71. The number of ether oxygens (including phenoxy) is 1. The number of methoxy groups -OCH3 is 1. The van der Waals surface area contributed by atoms with Crippen LogP contribution in [-0.4, -0.2) is 36.4 Å². The summed E-state index contributed by atoms with van der Waals surface area (Å²) < 4.78 is 10.6. The molecule has 1 heterocycles. The van der Waals surface area contributed by atoms with E-state index in [1.807, 2.05) is 19.1 Å². The van der Waals surface area contributed by atoms with E-state index in [0.29, 0.717) is 22.6 Å². The van der Waals surface area contributed by atoms with Gasteiger partial charge in [-0.3, -0.25) is 4.79 Å². The van der Waals surface area contributed by atoms with E-state index < -0.39 is 0 Å². The summed E-state index contributed by atoms with van der Waals surface area (Å²) in [7, 11) is 1.60. The normalized spacial score (nSPS) is 12.1. The van der Waals surface area contributed by atoms with Gasteiger partial charge in [0.15, 0.2) is 5.76 Å². The summed E-state index contributed by atoms with van der Waals surface area (Å²) >= 11 is 7.10. The van der Waals surface area contributed by atoms with E-state index in [9.17, 15) is 4.79 Å². The number of nitrogens with one attached hydrogen (secondary N) is 1. The van der Waals surface area contributed by atoms with Gasteiger partial charge in [-0.05, 0) is 31.2 Å². The van der Waals surface area contributed by atoms with Crippen LogP contribution in [0.25, 0.3) is 11.3 Å². The largest absolute Gasteiger partial charge is 0.431 e. The molecule has 1 aromatic carbocycles. The molecule has 0 aliphatic carbocycles. The van der Waals surface area contributed by atoms with Gasteiger partial charge < -0.3 is 14.5 Å². The van der Waals surface area contributed by atoms with Crippen molar-refractivity contribution in [3.8, 4) is 11.3 Å². The Hall–Kier alpha value is -1.50. The predicted molar refractivity (Wildman–Crippen MR) is 87.2 cm³/mol. The first-order valence-corrected chi connectivity index (χ1v) is 8.07. The molecule has 1 amide bonds. The molecule has 0 unspecified atom stereocenters. The molecule has 0 radical (unpaired) electrons. The van der Waals surface area contributed by atoms with Crippen LogP contribution >= 0.6 is 23.4 Å². The molecule has 2 aromatic rings. The highest BCUT2D eigenvalue weighted by atomic mass is 35.5. The number of hydrogen-bond acceptors (Lipinski definition) is 5. The third-order valence-electron chi connectivity index (χ3n) is 2.76. The van der Waals surface area contributed by atoms with Gasteiger partial charge in [0, 0.05) is 23.7 Å². The van der Waals surface area contributed by atoms with Crippen molar-refractivity contribution in [2.24, 2.45) is 0 Å². The summed E-state index contributed by atoms with van der Waals surface area (Å²) in [5, 5.41) is 3.95. The van der Waals surface area contributed by atoms with Gasteiger partial charge in [0.1, 0.15) is 0 Å². The number of oxazole rings is 1. The maximum Gasteiger partial charge on any atom is 0.256 e. The Bertz CT molecular complexity index is 616. The van der Waals surface area contributed by atoms with Crippen LogP contribution in [-0.2, 0) is 9.53 Å². The number of halogens is 1. The van der Waals surface area contributed by atoms with Crippen LogP contribution < -0.4 is 5.32 Å². The van der Waals surface area contributed by atoms with Gasteiger partial charge in [0.05, 0.1) is 18.6 Å². The zero-order chi connectivity index (χ0) is 15.9. The summed E-state index contributed by atoms with van der Waals surface area (Å²) in [5.74, 6) is 0.808. The van der Waals surface area contributed by atoms with Gasteiger partial charge >= 0.3 is 0 Å². The minimum Gasteiger partial charge on any atom is -0.431 e. The SMILES string of the molecule is COC[C@@H](C)NC(=O)CSc1ncc(-c2ccc(Cl)cc2)o1. The molecule has 7 heteroatoms. The van der Waals surface area contributed by atoms with Crippen molar-refractivity contribution in [2.75, 3.05) is 19.5 Å². The highest BCUT2D eigenvalue weighted by Gasteiger charge is 2.11. The Morgan fingerprint density at radius 1 is 1.45 bits per heavy atom. The van der Waals surface area contributed by atoms with Gasteiger partial charge in [0.2, 0.25) is 5.91 Å². The van der Waals surface area contributed by atoms with Crippen LogP contribution in [0.4, 0.5) is 0 Å². The number of amides is 1. The molecule has 5 nitrogen and oxygen atoms in total. The summed E-state index contributed by atoms with van der Waals surface area (Å²) in [6.07, 6.45) is 1.64. The molecular weight excluding hydrogens is 324 g/mol. The molecule has 0 saturated heterocycles. The van der Waals surface area contributed by atoms with Gasteiger partial charge in [-0.25, -0.2) is 4.98 Å². The van der Waals surface area contributed by atoms with Gasteiger partial charge in [-0.15, -0.1) is 0 Å². The Kier molecular flexibility index (Phi) is 6.30. The Morgan fingerprint density at radius 3 is 2.86 bits per heavy atom. The summed E-state index contributed by atoms with van der Waals surface area (Å²) in [6, 6.07) is 7.27. The lowest BCUT2D eigenvalue weighted by atomic mass is 10.2. The van der Waals surface area contributed by atoms with E-state index in [4.69, 9.17) is 20.8 Å². The molecule has 0 spiro atoms. The first-order chi connectivity index (χ1) is 10.6. The lowest BCUT2D eigenvalue weighted by Gasteiger charge is -2.11. The van der Waals surface area contributed by atoms with Gasteiger partial charge in [-0.2, -0.15) is 0 Å². The van der Waals surface area contributed by atoms with E-state index in [0.717, 1.165) is 5.56 Å². The lowest BCUT2D eigenvalue weighted by Crippen LogP contribution is -2.36. The number of aromatic nitrogens is 1. The molecule has 0 aliphatic heterocycles. The maximum absolute atomic E-state index is 11.7. The number of rotatable bonds is 7. The van der Waals surface area contributed by atoms with Gasteiger partial charge in [0.25, 0.3) is 5.22 Å². The lowest BCUT2D eigenvalue weighted by molar-refractivity contribution is -0.119. The van der Waals surface area contributed by atoms with E-state index in [2.05, 4.69) is 10.3 Å². The monoisotopic (exact) mass is 340 g/mol. The van der Waals surface area contributed by atoms with Crippen molar-refractivity contribution in [1.29, 1.82) is 0 Å². The second-order valence-corrected chi connectivity index (χ2v) is 6.07. The summed E-state index contributed by atoms with van der Waals surface area (Å²) in [4.78, 5) is 15.9. The molecule has 0 fully saturated rings. The van der Waals surface area contributed by atoms with Gasteiger partial charge in [-0.1, -0.05) is 23.4 Å². The van der Waals surface area contributed by atoms with Crippen molar-refractivity contribution >= 4 is 29.3 Å². The highest BCUT2D eigenvalue weighted by molar-refractivity contribution is 7.99. The molecule has 1 aromatic heterocycles. The van der Waals surface area contributed by atoms with E-state index in [-0.39, 0.29) is 17.7 Å². The number of thioether (sulfide) groups is 1. The highest BCUT2D eigenvalue weighted by Crippen LogP contribution is 2.26. The molecule has 0 aliphatic rings. The second kappa shape index (κ2) is 8.22. The fraction of sp³-hybridized carbons (Fsp3) is 0.333. The van der Waals surface area contributed by atoms with E-state index in [1.165, 1.54) is 11.8 Å². The van der Waals surface area contributed by atoms with Crippen LogP contribution in [0.2, 0.25) is 5.02 Å². The molecule has 2 rings (SSSR count). The number of benzene rings is 1. The van der Waals surface area contributed by atoms with Crippen LogP contribution in [0.3, 0.4) is 0 Å². The van der Waals surface area contributed by atoms with Crippen LogP contribution in [0.1, 0.15) is 6.92 Å². The quantitative estimate of drug-likeness (QED) is 0.784. The first-order valence-electron chi connectivity index (χ1n) is 6.71. The van der Waals surface area contributed by atoms with Crippen molar-refractivity contribution in [2.45, 2.75) is 18.2 Å². The predicted octanol–water partition coefficient (Wildman–Crippen LogP) is 3.24. The number of hydrogen-bond donors (Lipinski definition) is 1. The zero-order valence-corrected chi connectivity index (χ0v) is 13.9. The first kappa shape index (κ1) is 16.9. The standard InChI is InChI=1S/C15H17ClN2O3S/c1-10(8-20-2)18-14(19)9-22-15-17-7-13(21-15)11-3-5-12(16)6-4-11/h3-7,10H,8-9H2,1-2H3,(H,18,19)/t10-/m1/s1. The summed E-state index contributed by atoms with van der Waals surface area (Å²) in [6.45, 7) is 2.37. The Balaban J connectivity index is 1.87. The van der Waals surface area contributed by atoms with Crippen molar-refractivity contribution in [1.82, 2.24) is 10.3 Å². The third kappa shape index (κ3) is 5.05. The molecule has 0 saturated carbocycles. The average Bonchev–Trinajstić information content (AvgIpc) is 2.95. The molecule has 0 bridgehead atoms. The molecule has 22 heavy (non-hydrogen) atoms. The van der Waals surface area contributed by atoms with Crippen molar-refractivity contribution in [3.05, 3.63) is 35.5 Å². The summed E-state index contributed by atoms with van der Waals surface area (Å²) in [5.41, 5.74) is 0.891. The number of nitrogens with zero attached hydrogens (tertiary/aromatic N) is 1. The fourth-order valence-corrected chi connectivity index (χ4v) is 2.55. The third-order valence-corrected chi connectivity index (χ3v) is 3.86. The molecule has 1 N–H and O–H groups in total. The fourth-order valence-electron chi connectivity index (χ4n) is 1.81. The van der Waals surface area contributed by atoms with E-state index in [1.54, 1.807) is 25.4 Å². The van der Waals surface area contributed by atoms with Crippen LogP contribution in [0.15, 0.2) is 40.1 Å². The molecular formula is C15H17ClN2O3S. The Morgan fingerprint density at radius 2 is 2.18 bits per heavy atom. The zero-order valence-electron chi connectivity index (χ0n) is 12.3. The molecule has 118 valence electrons. The topological polar surface area (TPSA) is 64.4 Å². The van der Waals surface area contributed by atoms with Crippen molar-refractivity contribution in [3.63, 3.8) is 0 Å². The Labute approximate surface area is 138 Å². The van der Waals surface area contributed by atoms with Crippen LogP contribution in [0, 0.1) is 0 Å². The van der Waals surface area contributed by atoms with E-state index >= 15 is 0 Å². The van der Waals surface area contributed by atoms with Crippen molar-refractivity contribution < 1.29 is 13.9 Å². The van der Waals surface area contributed by atoms with Crippen LogP contribution in [0.5, 0.6) is 0 Å².